The summed E-state index contributed by atoms with van der Waals surface area (Å²) in [5.74, 6) is -0.519. The lowest BCUT2D eigenvalue weighted by Gasteiger charge is -2.42. The summed E-state index contributed by atoms with van der Waals surface area (Å²) >= 11 is 0. The number of benzene rings is 1. The molecule has 0 saturated carbocycles. The van der Waals surface area contributed by atoms with Crippen LogP contribution in [0.3, 0.4) is 0 Å². The minimum Gasteiger partial charge on any atom is -0.302 e. The quantitative estimate of drug-likeness (QED) is 0.709. The first-order valence-corrected chi connectivity index (χ1v) is 9.98. The first-order valence-electron chi connectivity index (χ1n) is 9.98. The van der Waals surface area contributed by atoms with Crippen LogP contribution in [0, 0.1) is 0 Å². The second-order valence-corrected chi connectivity index (χ2v) is 8.10. The first-order chi connectivity index (χ1) is 14.9. The van der Waals surface area contributed by atoms with Gasteiger partial charge in [-0.05, 0) is 52.0 Å². The van der Waals surface area contributed by atoms with Crippen LogP contribution in [0.2, 0.25) is 0 Å². The summed E-state index contributed by atoms with van der Waals surface area (Å²) in [4.78, 5) is 48.3. The Morgan fingerprint density at radius 1 is 1.09 bits per heavy atom. The van der Waals surface area contributed by atoms with Gasteiger partial charge in [0, 0.05) is 24.1 Å². The zero-order valence-corrected chi connectivity index (χ0v) is 18.1. The molecule has 8 nitrogen and oxygen atoms in total. The van der Waals surface area contributed by atoms with Crippen LogP contribution in [0.25, 0.3) is 0 Å². The lowest BCUT2D eigenvalue weighted by molar-refractivity contribution is -0.142. The highest BCUT2D eigenvalue weighted by atomic mass is 19.4. The summed E-state index contributed by atoms with van der Waals surface area (Å²) in [6.45, 7) is 6.36. The monoisotopic (exact) mass is 449 g/mol. The predicted octanol–water partition coefficient (Wildman–Crippen LogP) is 3.01. The highest BCUT2D eigenvalue weighted by molar-refractivity contribution is 6.11. The number of halogens is 3. The van der Waals surface area contributed by atoms with E-state index in [1.165, 1.54) is 37.9 Å². The predicted molar refractivity (Wildman–Crippen MR) is 109 cm³/mol. The second-order valence-electron chi connectivity index (χ2n) is 8.10. The SMILES string of the molecule is CC(=O)C(C)N1C(=O)C2C(N=C3N(c4ccc(C(F)(F)F)cc4)C(C)=C(C)N32)N(C)C1=O. The average molecular weight is 449 g/mol. The number of hydrogen-bond donors (Lipinski definition) is 0. The Morgan fingerprint density at radius 2 is 1.69 bits per heavy atom. The van der Waals surface area contributed by atoms with Gasteiger partial charge in [-0.25, -0.2) is 9.79 Å². The molecule has 170 valence electrons. The van der Waals surface area contributed by atoms with Crippen LogP contribution in [0.1, 0.15) is 33.3 Å². The van der Waals surface area contributed by atoms with Gasteiger partial charge in [-0.3, -0.25) is 24.3 Å². The van der Waals surface area contributed by atoms with Gasteiger partial charge in [-0.2, -0.15) is 13.2 Å². The Balaban J connectivity index is 1.74. The number of anilines is 1. The number of likely N-dealkylation sites (N-methyl/N-ethyl adjacent to an activating group) is 1. The third-order valence-electron chi connectivity index (χ3n) is 6.27. The number of aliphatic imine (C=N–C) groups is 1. The van der Waals surface area contributed by atoms with Crippen LogP contribution in [-0.2, 0) is 15.8 Å². The molecule has 3 atom stereocenters. The molecule has 0 spiro atoms. The normalized spacial score (nSPS) is 24.2. The summed E-state index contributed by atoms with van der Waals surface area (Å²) < 4.78 is 38.9. The topological polar surface area (TPSA) is 76.5 Å². The maximum Gasteiger partial charge on any atom is 0.416 e. The molecule has 3 unspecified atom stereocenters. The highest BCUT2D eigenvalue weighted by Gasteiger charge is 2.57. The Morgan fingerprint density at radius 3 is 2.22 bits per heavy atom. The number of hydrogen-bond acceptors (Lipinski definition) is 6. The average Bonchev–Trinajstić information content (AvgIpc) is 3.21. The molecule has 11 heteroatoms. The van der Waals surface area contributed by atoms with Crippen molar-refractivity contribution in [2.45, 2.75) is 52.1 Å². The van der Waals surface area contributed by atoms with Gasteiger partial charge in [0.15, 0.2) is 18.0 Å². The molecule has 1 saturated heterocycles. The van der Waals surface area contributed by atoms with Crippen LogP contribution in [0.4, 0.5) is 23.7 Å². The molecule has 3 amide bonds. The molecule has 4 rings (SSSR count). The zero-order chi connectivity index (χ0) is 23.7. The van der Waals surface area contributed by atoms with Gasteiger partial charge >= 0.3 is 12.2 Å². The summed E-state index contributed by atoms with van der Waals surface area (Å²) in [6.07, 6.45) is -5.27. The number of allylic oxidation sites excluding steroid dienone is 2. The van der Waals surface area contributed by atoms with E-state index in [-0.39, 0.29) is 5.78 Å². The largest absolute Gasteiger partial charge is 0.416 e. The number of carbonyl (C=O) groups is 3. The minimum atomic E-state index is -4.46. The fourth-order valence-corrected chi connectivity index (χ4v) is 4.22. The first kappa shape index (κ1) is 21.8. The van der Waals surface area contributed by atoms with Crippen molar-refractivity contribution in [3.05, 3.63) is 41.2 Å². The molecule has 1 fully saturated rings. The number of guanidine groups is 1. The van der Waals surface area contributed by atoms with E-state index in [4.69, 9.17) is 0 Å². The number of imide groups is 1. The van der Waals surface area contributed by atoms with Crippen LogP contribution < -0.4 is 4.90 Å². The Kier molecular flexibility index (Phi) is 4.83. The molecule has 0 N–H and O–H groups in total. The van der Waals surface area contributed by atoms with Gasteiger partial charge < -0.3 is 4.90 Å². The second kappa shape index (κ2) is 7.07. The summed E-state index contributed by atoms with van der Waals surface area (Å²) in [5, 5.41) is 0. The summed E-state index contributed by atoms with van der Waals surface area (Å²) in [6, 6.07) is 2.23. The van der Waals surface area contributed by atoms with E-state index in [0.717, 1.165) is 17.0 Å². The fourth-order valence-electron chi connectivity index (χ4n) is 4.22. The smallest absolute Gasteiger partial charge is 0.302 e. The van der Waals surface area contributed by atoms with Crippen LogP contribution in [0.5, 0.6) is 0 Å². The number of Topliss-reactive ketones (excluding diaryl/α,β-unsaturated/α-hetero) is 1. The summed E-state index contributed by atoms with van der Waals surface area (Å²) in [5.41, 5.74) is 1.06. The van der Waals surface area contributed by atoms with Crippen LogP contribution >= 0.6 is 0 Å². The highest BCUT2D eigenvalue weighted by Crippen LogP contribution is 2.41. The van der Waals surface area contributed by atoms with E-state index in [1.54, 1.807) is 23.6 Å². The van der Waals surface area contributed by atoms with E-state index in [1.807, 2.05) is 0 Å². The standard InChI is InChI=1S/C21H22F3N5O3/c1-10-11(2)28-16-17(26(5)20(32)29(18(16)31)12(3)13(4)30)25-19(28)27(10)15-8-6-14(7-9-15)21(22,23)24/h6-9,12,16-17H,1-5H3. The van der Waals surface area contributed by atoms with E-state index >= 15 is 0 Å². The van der Waals surface area contributed by atoms with Crippen molar-refractivity contribution in [3.8, 4) is 0 Å². The molecule has 1 aromatic rings. The molecule has 3 aliphatic heterocycles. The molecule has 0 bridgehead atoms. The number of urea groups is 1. The van der Waals surface area contributed by atoms with Crippen molar-refractivity contribution < 1.29 is 27.6 Å². The number of amides is 3. The molecule has 32 heavy (non-hydrogen) atoms. The van der Waals surface area contributed by atoms with Crippen molar-refractivity contribution in [1.29, 1.82) is 0 Å². The number of nitrogens with zero attached hydrogens (tertiary/aromatic N) is 5. The number of alkyl halides is 3. The van der Waals surface area contributed by atoms with Crippen molar-refractivity contribution in [3.63, 3.8) is 0 Å². The van der Waals surface area contributed by atoms with E-state index in [0.29, 0.717) is 23.0 Å². The van der Waals surface area contributed by atoms with Gasteiger partial charge in [-0.15, -0.1) is 0 Å². The molecular formula is C21H22F3N5O3. The lowest BCUT2D eigenvalue weighted by atomic mass is 10.1. The molecule has 0 aromatic heterocycles. The number of rotatable bonds is 3. The van der Waals surface area contributed by atoms with Gasteiger partial charge in [0.1, 0.15) is 0 Å². The number of carbonyl (C=O) groups excluding carboxylic acids is 3. The van der Waals surface area contributed by atoms with Crippen molar-refractivity contribution >= 4 is 29.4 Å². The van der Waals surface area contributed by atoms with E-state index in [2.05, 4.69) is 4.99 Å². The summed E-state index contributed by atoms with van der Waals surface area (Å²) in [7, 11) is 1.51. The number of ketones is 1. The lowest BCUT2D eigenvalue weighted by Crippen LogP contribution is -2.67. The van der Waals surface area contributed by atoms with Crippen molar-refractivity contribution in [1.82, 2.24) is 14.7 Å². The Labute approximate surface area is 182 Å². The van der Waals surface area contributed by atoms with Crippen molar-refractivity contribution in [2.75, 3.05) is 11.9 Å². The van der Waals surface area contributed by atoms with Crippen LogP contribution in [0.15, 0.2) is 40.7 Å². The molecular weight excluding hydrogens is 427 g/mol. The minimum absolute atomic E-state index is 0.325. The Hall–Kier alpha value is -3.37. The third kappa shape index (κ3) is 2.98. The van der Waals surface area contributed by atoms with Crippen LogP contribution in [-0.4, -0.2) is 63.7 Å². The maximum absolute atomic E-state index is 13.3. The van der Waals surface area contributed by atoms with Gasteiger partial charge in [0.25, 0.3) is 5.91 Å². The van der Waals surface area contributed by atoms with Gasteiger partial charge in [0.2, 0.25) is 5.96 Å². The zero-order valence-electron chi connectivity index (χ0n) is 18.1. The van der Waals surface area contributed by atoms with E-state index in [9.17, 15) is 27.6 Å². The molecule has 0 radical (unpaired) electrons. The van der Waals surface area contributed by atoms with E-state index < -0.39 is 41.9 Å². The number of fused-ring (bicyclic) bond motifs is 3. The molecule has 3 aliphatic rings. The molecule has 0 aliphatic carbocycles. The van der Waals surface area contributed by atoms with Crippen molar-refractivity contribution in [2.24, 2.45) is 4.99 Å². The van der Waals surface area contributed by atoms with Gasteiger partial charge in [0.05, 0.1) is 11.6 Å². The fraction of sp³-hybridized carbons (Fsp3) is 0.429. The third-order valence-corrected chi connectivity index (χ3v) is 6.27. The van der Waals surface area contributed by atoms with Gasteiger partial charge in [-0.1, -0.05) is 0 Å². The maximum atomic E-state index is 13.3. The molecule has 3 heterocycles. The Bertz CT molecular complexity index is 1080. The molecule has 1 aromatic carbocycles.